The van der Waals surface area contributed by atoms with Gasteiger partial charge in [0.25, 0.3) is 17.5 Å². The predicted molar refractivity (Wildman–Crippen MR) is 115 cm³/mol. The van der Waals surface area contributed by atoms with E-state index in [1.807, 2.05) is 11.9 Å². The van der Waals surface area contributed by atoms with E-state index >= 15 is 0 Å². The zero-order valence-electron chi connectivity index (χ0n) is 17.3. The van der Waals surface area contributed by atoms with E-state index in [1.165, 1.54) is 6.07 Å². The van der Waals surface area contributed by atoms with Gasteiger partial charge < -0.3 is 20.0 Å². The molecule has 2 amide bonds. The van der Waals surface area contributed by atoms with Gasteiger partial charge in [-0.1, -0.05) is 0 Å². The highest BCUT2D eigenvalue weighted by Gasteiger charge is 2.21. The highest BCUT2D eigenvalue weighted by Crippen LogP contribution is 2.28. The number of nitro groups is 1. The second-order valence-corrected chi connectivity index (χ2v) is 7.48. The van der Waals surface area contributed by atoms with Gasteiger partial charge >= 0.3 is 0 Å². The van der Waals surface area contributed by atoms with Gasteiger partial charge in [-0.3, -0.25) is 19.7 Å². The molecule has 2 aromatic rings. The third-order valence-electron chi connectivity index (χ3n) is 5.10. The first-order valence-corrected chi connectivity index (χ1v) is 9.61. The van der Waals surface area contributed by atoms with Crippen LogP contribution < -0.4 is 10.2 Å². The number of likely N-dealkylation sites (N-methyl/N-ethyl adjacent to an activating group) is 1. The summed E-state index contributed by atoms with van der Waals surface area (Å²) in [5.41, 5.74) is 1.53. The number of amides is 2. The summed E-state index contributed by atoms with van der Waals surface area (Å²) in [5, 5.41) is 14.0. The molecule has 1 aliphatic rings. The summed E-state index contributed by atoms with van der Waals surface area (Å²) in [6.45, 7) is 3.07. The topological polar surface area (TPSA) is 99.0 Å². The van der Waals surface area contributed by atoms with Gasteiger partial charge in [0.2, 0.25) is 0 Å². The Morgan fingerprint density at radius 1 is 1.00 bits per heavy atom. The molecule has 1 fully saturated rings. The van der Waals surface area contributed by atoms with Crippen LogP contribution in [0.15, 0.2) is 42.5 Å². The first-order valence-electron chi connectivity index (χ1n) is 9.61. The molecule has 1 N–H and O–H groups in total. The second-order valence-electron chi connectivity index (χ2n) is 7.48. The Labute approximate surface area is 175 Å². The van der Waals surface area contributed by atoms with Crippen molar-refractivity contribution in [1.82, 2.24) is 9.80 Å². The van der Waals surface area contributed by atoms with Gasteiger partial charge in [-0.2, -0.15) is 0 Å². The van der Waals surface area contributed by atoms with Crippen LogP contribution in [0, 0.1) is 10.1 Å². The van der Waals surface area contributed by atoms with Crippen LogP contribution in [0.5, 0.6) is 0 Å². The average molecular weight is 411 g/mol. The fourth-order valence-corrected chi connectivity index (χ4v) is 3.28. The van der Waals surface area contributed by atoms with Crippen LogP contribution in [0.25, 0.3) is 0 Å². The van der Waals surface area contributed by atoms with Crippen LogP contribution in [-0.4, -0.2) is 73.9 Å². The van der Waals surface area contributed by atoms with Crippen molar-refractivity contribution in [2.75, 3.05) is 57.5 Å². The molecule has 2 aromatic carbocycles. The zero-order valence-corrected chi connectivity index (χ0v) is 17.3. The smallest absolute Gasteiger partial charge is 0.293 e. The van der Waals surface area contributed by atoms with Crippen LogP contribution in [0.1, 0.15) is 20.7 Å². The number of rotatable bonds is 5. The Balaban J connectivity index is 1.69. The van der Waals surface area contributed by atoms with Crippen molar-refractivity contribution in [2.24, 2.45) is 0 Å². The Morgan fingerprint density at radius 2 is 1.60 bits per heavy atom. The Morgan fingerprint density at radius 3 is 2.17 bits per heavy atom. The van der Waals surface area contributed by atoms with Gasteiger partial charge in [-0.05, 0) is 43.4 Å². The fourth-order valence-electron chi connectivity index (χ4n) is 3.28. The molecule has 0 aliphatic carbocycles. The van der Waals surface area contributed by atoms with E-state index in [-0.39, 0.29) is 17.2 Å². The molecule has 30 heavy (non-hydrogen) atoms. The maximum Gasteiger partial charge on any atom is 0.293 e. The Hall–Kier alpha value is -3.46. The molecule has 0 unspecified atom stereocenters. The van der Waals surface area contributed by atoms with Gasteiger partial charge in [0.15, 0.2) is 0 Å². The van der Waals surface area contributed by atoms with Crippen LogP contribution >= 0.6 is 0 Å². The summed E-state index contributed by atoms with van der Waals surface area (Å²) in [5.74, 6) is -0.488. The van der Waals surface area contributed by atoms with Gasteiger partial charge in [0.05, 0.1) is 4.92 Å². The minimum Gasteiger partial charge on any atom is -0.372 e. The van der Waals surface area contributed by atoms with E-state index in [2.05, 4.69) is 10.2 Å². The van der Waals surface area contributed by atoms with Crippen LogP contribution in [0.3, 0.4) is 0 Å². The summed E-state index contributed by atoms with van der Waals surface area (Å²) in [6.07, 6.45) is 0. The minimum absolute atomic E-state index is 0.0316. The van der Waals surface area contributed by atoms with E-state index in [4.69, 9.17) is 0 Å². The lowest BCUT2D eigenvalue weighted by Gasteiger charge is -2.32. The molecule has 1 aliphatic heterocycles. The van der Waals surface area contributed by atoms with E-state index in [0.717, 1.165) is 13.1 Å². The van der Waals surface area contributed by atoms with Gasteiger partial charge in [0, 0.05) is 63.2 Å². The fraction of sp³-hybridized carbons (Fsp3) is 0.333. The van der Waals surface area contributed by atoms with Crippen molar-refractivity contribution in [3.05, 3.63) is 63.7 Å². The molecule has 3 rings (SSSR count). The highest BCUT2D eigenvalue weighted by atomic mass is 16.6. The summed E-state index contributed by atoms with van der Waals surface area (Å²) in [4.78, 5) is 41.6. The van der Waals surface area contributed by atoms with Crippen molar-refractivity contribution in [3.63, 3.8) is 0 Å². The van der Waals surface area contributed by atoms with Crippen molar-refractivity contribution in [1.29, 1.82) is 0 Å². The van der Waals surface area contributed by atoms with Crippen molar-refractivity contribution in [2.45, 2.75) is 0 Å². The quantitative estimate of drug-likeness (QED) is 0.599. The third kappa shape index (κ3) is 4.74. The van der Waals surface area contributed by atoms with E-state index < -0.39 is 10.8 Å². The molecule has 9 heteroatoms. The van der Waals surface area contributed by atoms with Crippen LogP contribution in [0.2, 0.25) is 0 Å². The van der Waals surface area contributed by atoms with E-state index in [0.29, 0.717) is 30.0 Å². The lowest BCUT2D eigenvalue weighted by atomic mass is 10.1. The van der Waals surface area contributed by atoms with Crippen molar-refractivity contribution in [3.8, 4) is 0 Å². The van der Waals surface area contributed by atoms with Gasteiger partial charge in [0.1, 0.15) is 5.69 Å². The van der Waals surface area contributed by atoms with E-state index in [9.17, 15) is 19.7 Å². The molecule has 158 valence electrons. The summed E-state index contributed by atoms with van der Waals surface area (Å²) < 4.78 is 0. The molecular formula is C21H25N5O4. The molecule has 0 bridgehead atoms. The number of hydrogen-bond donors (Lipinski definition) is 1. The molecule has 0 spiro atoms. The first kappa shape index (κ1) is 21.3. The number of anilines is 2. The highest BCUT2D eigenvalue weighted by molar-refractivity contribution is 6.05. The average Bonchev–Trinajstić information content (AvgIpc) is 2.73. The summed E-state index contributed by atoms with van der Waals surface area (Å²) in [6, 6.07) is 11.0. The van der Waals surface area contributed by atoms with Crippen LogP contribution in [0.4, 0.5) is 17.1 Å². The maximum atomic E-state index is 12.6. The van der Waals surface area contributed by atoms with E-state index in [1.54, 1.807) is 55.4 Å². The Bertz CT molecular complexity index is 950. The monoisotopic (exact) mass is 411 g/mol. The second kappa shape index (κ2) is 8.91. The zero-order chi connectivity index (χ0) is 21.8. The molecular weight excluding hydrogens is 386 g/mol. The Kier molecular flexibility index (Phi) is 6.31. The standard InChI is InChI=1S/C21H25N5O4/c1-23(2)18-9-6-16(14-19(18)26(29)30)20(27)22-17-7-4-15(5-8-17)21(28)25-12-10-24(3)11-13-25/h4-9,14H,10-13H2,1-3H3,(H,22,27). The molecule has 1 saturated heterocycles. The van der Waals surface area contributed by atoms with Crippen molar-refractivity contribution < 1.29 is 14.5 Å². The number of hydrogen-bond acceptors (Lipinski definition) is 6. The number of nitro benzene ring substituents is 1. The molecule has 0 aromatic heterocycles. The molecule has 1 heterocycles. The van der Waals surface area contributed by atoms with Gasteiger partial charge in [-0.25, -0.2) is 0 Å². The normalized spacial score (nSPS) is 14.3. The number of piperazine rings is 1. The van der Waals surface area contributed by atoms with Crippen molar-refractivity contribution >= 4 is 28.9 Å². The van der Waals surface area contributed by atoms with Gasteiger partial charge in [-0.15, -0.1) is 0 Å². The predicted octanol–water partition coefficient (Wildman–Crippen LogP) is 2.30. The third-order valence-corrected chi connectivity index (χ3v) is 5.10. The molecule has 0 saturated carbocycles. The SMILES string of the molecule is CN1CCN(C(=O)c2ccc(NC(=O)c3ccc(N(C)C)c([N+](=O)[O-])c3)cc2)CC1. The number of nitrogens with zero attached hydrogens (tertiary/aromatic N) is 4. The number of nitrogens with one attached hydrogen (secondary N) is 1. The molecule has 0 atom stereocenters. The minimum atomic E-state index is -0.509. The molecule has 0 radical (unpaired) electrons. The maximum absolute atomic E-state index is 12.6. The summed E-state index contributed by atoms with van der Waals surface area (Å²) in [7, 11) is 5.43. The summed E-state index contributed by atoms with van der Waals surface area (Å²) >= 11 is 0. The van der Waals surface area contributed by atoms with Crippen LogP contribution in [-0.2, 0) is 0 Å². The number of carbonyl (C=O) groups is 2. The number of benzene rings is 2. The first-order chi connectivity index (χ1) is 14.3. The molecule has 9 nitrogen and oxygen atoms in total. The largest absolute Gasteiger partial charge is 0.372 e. The number of carbonyl (C=O) groups excluding carboxylic acids is 2. The lowest BCUT2D eigenvalue weighted by Crippen LogP contribution is -2.47. The lowest BCUT2D eigenvalue weighted by molar-refractivity contribution is -0.384.